The Labute approximate surface area is 120 Å². The summed E-state index contributed by atoms with van der Waals surface area (Å²) in [5, 5.41) is 0. The van der Waals surface area contributed by atoms with Crippen LogP contribution in [0.15, 0.2) is 35.2 Å². The third kappa shape index (κ3) is 5.67. The molecule has 102 valence electrons. The molecule has 18 heavy (non-hydrogen) atoms. The number of rotatable bonds is 6. The van der Waals surface area contributed by atoms with E-state index in [1.807, 2.05) is 6.07 Å². The quantitative estimate of drug-likeness (QED) is 0.576. The maximum absolute atomic E-state index is 12.1. The van der Waals surface area contributed by atoms with E-state index in [1.54, 1.807) is 24.3 Å². The number of hydrogen-bond donors (Lipinski definition) is 0. The fourth-order valence-corrected chi connectivity index (χ4v) is 5.95. The van der Waals surface area contributed by atoms with E-state index in [1.165, 1.54) is 0 Å². The Balaban J connectivity index is 2.62. The van der Waals surface area contributed by atoms with Gasteiger partial charge in [0.05, 0.1) is 10.6 Å². The van der Waals surface area contributed by atoms with Crippen molar-refractivity contribution in [1.82, 2.24) is 0 Å². The van der Waals surface area contributed by atoms with Crippen molar-refractivity contribution in [3.05, 3.63) is 30.3 Å². The molecule has 0 aliphatic rings. The molecule has 0 aliphatic carbocycles. The van der Waals surface area contributed by atoms with Gasteiger partial charge in [0.25, 0.3) is 0 Å². The van der Waals surface area contributed by atoms with E-state index in [4.69, 9.17) is 0 Å². The van der Waals surface area contributed by atoms with Crippen LogP contribution in [0.25, 0.3) is 0 Å². The highest BCUT2D eigenvalue weighted by molar-refractivity contribution is 9.09. The largest absolute Gasteiger partial charge is 0.224 e. The first kappa shape index (κ1) is 15.9. The van der Waals surface area contributed by atoms with Gasteiger partial charge in [-0.15, -0.1) is 0 Å². The average Bonchev–Trinajstić information content (AvgIpc) is 2.26. The topological polar surface area (TPSA) is 34.1 Å². The minimum Gasteiger partial charge on any atom is -0.224 e. The Kier molecular flexibility index (Phi) is 5.61. The first-order chi connectivity index (χ1) is 8.21. The summed E-state index contributed by atoms with van der Waals surface area (Å²) in [4.78, 5) is 0.469. The summed E-state index contributed by atoms with van der Waals surface area (Å²) >= 11 is 3.51. The normalized spacial score (nSPS) is 14.4. The molecule has 0 heterocycles. The maximum Gasteiger partial charge on any atom is 0.179 e. The Morgan fingerprint density at radius 2 is 1.72 bits per heavy atom. The van der Waals surface area contributed by atoms with Gasteiger partial charge < -0.3 is 0 Å². The minimum absolute atomic E-state index is 0.0504. The lowest BCUT2D eigenvalue weighted by atomic mass is 10.4. The minimum atomic E-state index is -3.16. The Bertz CT molecular complexity index is 466. The molecule has 5 heteroatoms. The van der Waals surface area contributed by atoms with Crippen LogP contribution in [0, 0.1) is 0 Å². The van der Waals surface area contributed by atoms with Crippen LogP contribution in [0.3, 0.4) is 0 Å². The molecule has 1 atom stereocenters. The third-order valence-corrected chi connectivity index (χ3v) is 7.54. The van der Waals surface area contributed by atoms with E-state index in [0.29, 0.717) is 4.90 Å². The van der Waals surface area contributed by atoms with Crippen LogP contribution in [0.2, 0.25) is 25.7 Å². The van der Waals surface area contributed by atoms with E-state index < -0.39 is 17.9 Å². The van der Waals surface area contributed by atoms with Crippen molar-refractivity contribution >= 4 is 33.8 Å². The Hall–Kier alpha value is -0.133. The monoisotopic (exact) mass is 348 g/mol. The lowest BCUT2D eigenvalue weighted by Gasteiger charge is -2.18. The second kappa shape index (κ2) is 6.35. The highest BCUT2D eigenvalue weighted by Crippen LogP contribution is 2.21. The second-order valence-corrected chi connectivity index (χ2v) is 14.7. The van der Waals surface area contributed by atoms with Gasteiger partial charge in [-0.1, -0.05) is 59.8 Å². The molecule has 0 fully saturated rings. The first-order valence-electron chi connectivity index (χ1n) is 6.13. The highest BCUT2D eigenvalue weighted by Gasteiger charge is 2.21. The van der Waals surface area contributed by atoms with E-state index in [-0.39, 0.29) is 10.6 Å². The van der Waals surface area contributed by atoms with E-state index >= 15 is 0 Å². The smallest absolute Gasteiger partial charge is 0.179 e. The molecule has 1 aromatic carbocycles. The molecular formula is C13H21BrO2SSi. The molecule has 0 aliphatic heterocycles. The fourth-order valence-electron chi connectivity index (χ4n) is 1.64. The van der Waals surface area contributed by atoms with Gasteiger partial charge in [-0.05, 0) is 18.6 Å². The number of sulfone groups is 1. The lowest BCUT2D eigenvalue weighted by molar-refractivity contribution is 0.594. The summed E-state index contributed by atoms with van der Waals surface area (Å²) in [7, 11) is -4.26. The summed E-state index contributed by atoms with van der Waals surface area (Å²) in [6.07, 6.45) is 0.932. The molecule has 2 nitrogen and oxygen atoms in total. The number of benzene rings is 1. The highest BCUT2D eigenvalue weighted by atomic mass is 79.9. The van der Waals surface area contributed by atoms with Gasteiger partial charge in [0.1, 0.15) is 0 Å². The average molecular weight is 349 g/mol. The number of alkyl halides is 1. The first-order valence-corrected chi connectivity index (χ1v) is 12.4. The van der Waals surface area contributed by atoms with Crippen molar-refractivity contribution in [3.63, 3.8) is 0 Å². The van der Waals surface area contributed by atoms with E-state index in [0.717, 1.165) is 12.5 Å². The summed E-state index contributed by atoms with van der Waals surface area (Å²) < 4.78 is 24.3. The number of hydrogen-bond acceptors (Lipinski definition) is 2. The molecule has 0 spiro atoms. The molecule has 1 rings (SSSR count). The summed E-state index contributed by atoms with van der Waals surface area (Å²) in [6, 6.07) is 9.82. The third-order valence-electron chi connectivity index (χ3n) is 2.71. The van der Waals surface area contributed by atoms with Gasteiger partial charge in [-0.3, -0.25) is 0 Å². The van der Waals surface area contributed by atoms with Crippen molar-refractivity contribution in [1.29, 1.82) is 0 Å². The molecule has 0 N–H and O–H groups in total. The maximum atomic E-state index is 12.1. The molecule has 0 saturated carbocycles. The number of halogens is 1. The second-order valence-electron chi connectivity index (χ2n) is 5.79. The van der Waals surface area contributed by atoms with Crippen LogP contribution in [-0.2, 0) is 9.84 Å². The molecule has 1 unspecified atom stereocenters. The molecule has 0 radical (unpaired) electrons. The lowest BCUT2D eigenvalue weighted by Crippen LogP contribution is -2.23. The van der Waals surface area contributed by atoms with Crippen LogP contribution in [0.4, 0.5) is 0 Å². The zero-order valence-corrected chi connectivity index (χ0v) is 14.6. The van der Waals surface area contributed by atoms with Crippen molar-refractivity contribution in [3.8, 4) is 0 Å². The van der Waals surface area contributed by atoms with Gasteiger partial charge in [0, 0.05) is 12.9 Å². The van der Waals surface area contributed by atoms with Crippen LogP contribution in [0.5, 0.6) is 0 Å². The van der Waals surface area contributed by atoms with Crippen molar-refractivity contribution < 1.29 is 8.42 Å². The van der Waals surface area contributed by atoms with Crippen LogP contribution in [0.1, 0.15) is 6.42 Å². The molecule has 0 aromatic heterocycles. The Morgan fingerprint density at radius 1 is 1.17 bits per heavy atom. The molecule has 0 amide bonds. The zero-order chi connectivity index (χ0) is 13.8. The molecular weight excluding hydrogens is 328 g/mol. The van der Waals surface area contributed by atoms with Gasteiger partial charge in [-0.25, -0.2) is 8.42 Å². The predicted octanol–water partition coefficient (Wildman–Crippen LogP) is 3.95. The van der Waals surface area contributed by atoms with Gasteiger partial charge in [0.15, 0.2) is 9.84 Å². The molecule has 1 aromatic rings. The van der Waals surface area contributed by atoms with E-state index in [2.05, 4.69) is 35.6 Å². The van der Waals surface area contributed by atoms with Gasteiger partial charge in [0.2, 0.25) is 0 Å². The predicted molar refractivity (Wildman–Crippen MR) is 84.0 cm³/mol. The van der Waals surface area contributed by atoms with Gasteiger partial charge in [-0.2, -0.15) is 0 Å². The summed E-state index contributed by atoms with van der Waals surface area (Å²) in [6.45, 7) is 6.91. The fraction of sp³-hybridized carbons (Fsp3) is 0.538. The van der Waals surface area contributed by atoms with Crippen LogP contribution in [-0.4, -0.2) is 27.1 Å². The van der Waals surface area contributed by atoms with Crippen LogP contribution < -0.4 is 0 Å². The van der Waals surface area contributed by atoms with Gasteiger partial charge >= 0.3 is 0 Å². The molecule has 0 bridgehead atoms. The standard InChI is InChI=1S/C13H21BrO2SSi/c1-18(2,3)10-9-12(14)11-17(15,16)13-7-5-4-6-8-13/h4-8,12H,9-11H2,1-3H3. The SMILES string of the molecule is C[Si](C)(C)CCC(Br)CS(=O)(=O)c1ccccc1. The zero-order valence-electron chi connectivity index (χ0n) is 11.2. The summed E-state index contributed by atoms with van der Waals surface area (Å²) in [5.41, 5.74) is 0. The van der Waals surface area contributed by atoms with Crippen molar-refractivity contribution in [2.45, 2.75) is 41.8 Å². The van der Waals surface area contributed by atoms with Crippen molar-refractivity contribution in [2.24, 2.45) is 0 Å². The van der Waals surface area contributed by atoms with E-state index in [9.17, 15) is 8.42 Å². The van der Waals surface area contributed by atoms with Crippen LogP contribution >= 0.6 is 15.9 Å². The molecule has 0 saturated heterocycles. The van der Waals surface area contributed by atoms with Crippen molar-refractivity contribution in [2.75, 3.05) is 5.75 Å². The summed E-state index contributed by atoms with van der Waals surface area (Å²) in [5.74, 6) is 0.182. The Morgan fingerprint density at radius 3 is 2.22 bits per heavy atom.